The molecule has 5 nitrogen and oxygen atoms in total. The van der Waals surface area contributed by atoms with Gasteiger partial charge in [0.2, 0.25) is 5.91 Å². The quantitative estimate of drug-likeness (QED) is 0.760. The van der Waals surface area contributed by atoms with Crippen LogP contribution < -0.4 is 16.4 Å². The van der Waals surface area contributed by atoms with Crippen LogP contribution in [-0.2, 0) is 17.6 Å². The number of nitrogens with one attached hydrogen (secondary N) is 2. The van der Waals surface area contributed by atoms with Crippen molar-refractivity contribution in [2.45, 2.75) is 32.6 Å². The highest BCUT2D eigenvalue weighted by Gasteiger charge is 2.26. The summed E-state index contributed by atoms with van der Waals surface area (Å²) in [6, 6.07) is 0. The Labute approximate surface area is 116 Å². The normalized spacial score (nSPS) is 13.2. The van der Waals surface area contributed by atoms with Crippen molar-refractivity contribution >= 4 is 28.2 Å². The van der Waals surface area contributed by atoms with E-state index in [0.29, 0.717) is 30.1 Å². The van der Waals surface area contributed by atoms with E-state index in [1.165, 1.54) is 16.2 Å². The van der Waals surface area contributed by atoms with Crippen LogP contribution in [0.2, 0.25) is 0 Å². The van der Waals surface area contributed by atoms with Crippen molar-refractivity contribution in [1.82, 2.24) is 5.32 Å². The summed E-state index contributed by atoms with van der Waals surface area (Å²) >= 11 is 1.53. The fourth-order valence-corrected chi connectivity index (χ4v) is 3.52. The van der Waals surface area contributed by atoms with Crippen molar-refractivity contribution in [3.8, 4) is 0 Å². The van der Waals surface area contributed by atoms with E-state index in [0.717, 1.165) is 24.8 Å². The van der Waals surface area contributed by atoms with E-state index in [-0.39, 0.29) is 11.8 Å². The van der Waals surface area contributed by atoms with Gasteiger partial charge in [-0.3, -0.25) is 9.59 Å². The molecule has 19 heavy (non-hydrogen) atoms. The molecule has 0 saturated carbocycles. The maximum absolute atomic E-state index is 12.2. The molecule has 0 aromatic carbocycles. The highest BCUT2D eigenvalue weighted by atomic mass is 32.1. The number of hydrogen-bond donors (Lipinski definition) is 3. The van der Waals surface area contributed by atoms with Crippen LogP contribution in [0.4, 0.5) is 5.00 Å². The molecule has 1 aromatic heterocycles. The monoisotopic (exact) mass is 281 g/mol. The molecule has 6 heteroatoms. The zero-order valence-electron chi connectivity index (χ0n) is 11.0. The molecule has 1 aromatic rings. The second-order valence-electron chi connectivity index (χ2n) is 4.51. The predicted molar refractivity (Wildman–Crippen MR) is 76.7 cm³/mol. The minimum atomic E-state index is -0.128. The number of aryl methyl sites for hydroxylation is 1. The second-order valence-corrected chi connectivity index (χ2v) is 5.61. The van der Waals surface area contributed by atoms with Gasteiger partial charge in [0.05, 0.1) is 5.56 Å². The average molecular weight is 281 g/mol. The first-order chi connectivity index (χ1) is 9.17. The summed E-state index contributed by atoms with van der Waals surface area (Å²) < 4.78 is 0. The van der Waals surface area contributed by atoms with Crippen LogP contribution in [0.5, 0.6) is 0 Å². The predicted octanol–water partition coefficient (Wildman–Crippen LogP) is 1.27. The Hall–Kier alpha value is -1.40. The molecule has 0 fully saturated rings. The Morgan fingerprint density at radius 3 is 2.84 bits per heavy atom. The summed E-state index contributed by atoms with van der Waals surface area (Å²) in [4.78, 5) is 25.0. The smallest absolute Gasteiger partial charge is 0.254 e. The molecule has 0 saturated heterocycles. The van der Waals surface area contributed by atoms with Crippen molar-refractivity contribution in [1.29, 1.82) is 0 Å². The van der Waals surface area contributed by atoms with Crippen LogP contribution >= 0.6 is 11.3 Å². The van der Waals surface area contributed by atoms with Gasteiger partial charge in [0.25, 0.3) is 5.91 Å². The van der Waals surface area contributed by atoms with Crippen LogP contribution in [0.3, 0.4) is 0 Å². The molecular weight excluding hydrogens is 262 g/mol. The molecule has 0 spiro atoms. The molecule has 1 heterocycles. The van der Waals surface area contributed by atoms with Gasteiger partial charge in [-0.2, -0.15) is 0 Å². The lowest BCUT2D eigenvalue weighted by Crippen LogP contribution is -2.30. The van der Waals surface area contributed by atoms with Crippen LogP contribution in [0, 0.1) is 0 Å². The maximum atomic E-state index is 12.2. The average Bonchev–Trinajstić information content (AvgIpc) is 2.95. The number of hydrogen-bond acceptors (Lipinski definition) is 4. The SMILES string of the molecule is CCC(=O)Nc1sc2c(c1C(=O)NCCN)CCC2. The second kappa shape index (κ2) is 6.16. The lowest BCUT2D eigenvalue weighted by Gasteiger charge is -2.08. The number of carbonyl (C=O) groups is 2. The number of thiophene rings is 1. The third-order valence-electron chi connectivity index (χ3n) is 3.15. The Morgan fingerprint density at radius 2 is 2.16 bits per heavy atom. The first-order valence-corrected chi connectivity index (χ1v) is 7.41. The van der Waals surface area contributed by atoms with Gasteiger partial charge in [0.15, 0.2) is 0 Å². The minimum Gasteiger partial charge on any atom is -0.351 e. The van der Waals surface area contributed by atoms with E-state index >= 15 is 0 Å². The summed E-state index contributed by atoms with van der Waals surface area (Å²) in [5.41, 5.74) is 7.15. The van der Waals surface area contributed by atoms with Gasteiger partial charge >= 0.3 is 0 Å². The lowest BCUT2D eigenvalue weighted by molar-refractivity contribution is -0.115. The molecule has 2 amide bonds. The summed E-state index contributed by atoms with van der Waals surface area (Å²) in [5, 5.41) is 6.31. The van der Waals surface area contributed by atoms with Crippen LogP contribution in [-0.4, -0.2) is 24.9 Å². The van der Waals surface area contributed by atoms with Crippen LogP contribution in [0.1, 0.15) is 40.6 Å². The molecule has 0 unspecified atom stereocenters. The Morgan fingerprint density at radius 1 is 1.37 bits per heavy atom. The van der Waals surface area contributed by atoms with Crippen molar-refractivity contribution < 1.29 is 9.59 Å². The molecule has 0 atom stereocenters. The highest BCUT2D eigenvalue weighted by molar-refractivity contribution is 7.17. The van der Waals surface area contributed by atoms with Gasteiger partial charge in [-0.05, 0) is 24.8 Å². The van der Waals surface area contributed by atoms with E-state index in [4.69, 9.17) is 5.73 Å². The minimum absolute atomic E-state index is 0.0622. The van der Waals surface area contributed by atoms with Crippen molar-refractivity contribution in [3.63, 3.8) is 0 Å². The van der Waals surface area contributed by atoms with Gasteiger partial charge in [0.1, 0.15) is 5.00 Å². The molecular formula is C13H19N3O2S. The Kier molecular flexibility index (Phi) is 4.55. The number of fused-ring (bicyclic) bond motifs is 1. The van der Waals surface area contributed by atoms with Gasteiger partial charge in [-0.15, -0.1) is 11.3 Å². The summed E-state index contributed by atoms with van der Waals surface area (Å²) in [6.45, 7) is 2.66. The molecule has 0 bridgehead atoms. The number of anilines is 1. The highest BCUT2D eigenvalue weighted by Crippen LogP contribution is 2.39. The van der Waals surface area contributed by atoms with E-state index in [9.17, 15) is 9.59 Å². The van der Waals surface area contributed by atoms with Gasteiger partial charge in [-0.1, -0.05) is 6.92 Å². The van der Waals surface area contributed by atoms with E-state index in [1.807, 2.05) is 0 Å². The molecule has 4 N–H and O–H groups in total. The van der Waals surface area contributed by atoms with Crippen LogP contribution in [0.15, 0.2) is 0 Å². The fourth-order valence-electron chi connectivity index (χ4n) is 2.22. The van der Waals surface area contributed by atoms with E-state index < -0.39 is 0 Å². The lowest BCUT2D eigenvalue weighted by atomic mass is 10.1. The van der Waals surface area contributed by atoms with Gasteiger partial charge in [0, 0.05) is 24.4 Å². The molecule has 0 radical (unpaired) electrons. The largest absolute Gasteiger partial charge is 0.351 e. The van der Waals surface area contributed by atoms with Crippen molar-refractivity contribution in [2.24, 2.45) is 5.73 Å². The molecule has 104 valence electrons. The van der Waals surface area contributed by atoms with E-state index in [2.05, 4.69) is 10.6 Å². The third kappa shape index (κ3) is 2.96. The third-order valence-corrected chi connectivity index (χ3v) is 4.36. The molecule has 2 rings (SSSR count). The standard InChI is InChI=1S/C13H19N3O2S/c1-2-10(17)16-13-11(12(18)15-7-6-14)8-4-3-5-9(8)19-13/h2-7,14H2,1H3,(H,15,18)(H,16,17). The Balaban J connectivity index is 2.27. The first-order valence-electron chi connectivity index (χ1n) is 6.60. The summed E-state index contributed by atoms with van der Waals surface area (Å²) in [6.07, 6.45) is 3.41. The number of nitrogens with two attached hydrogens (primary N) is 1. The zero-order chi connectivity index (χ0) is 13.8. The van der Waals surface area contributed by atoms with Gasteiger partial charge < -0.3 is 16.4 Å². The van der Waals surface area contributed by atoms with E-state index in [1.54, 1.807) is 6.92 Å². The summed E-state index contributed by atoms with van der Waals surface area (Å²) in [7, 11) is 0. The molecule has 1 aliphatic rings. The zero-order valence-corrected chi connectivity index (χ0v) is 11.9. The first kappa shape index (κ1) is 14.0. The van der Waals surface area contributed by atoms with Crippen LogP contribution in [0.25, 0.3) is 0 Å². The number of carbonyl (C=O) groups excluding carboxylic acids is 2. The maximum Gasteiger partial charge on any atom is 0.254 e. The molecule has 1 aliphatic carbocycles. The fraction of sp³-hybridized carbons (Fsp3) is 0.538. The van der Waals surface area contributed by atoms with Gasteiger partial charge in [-0.25, -0.2) is 0 Å². The molecule has 0 aliphatic heterocycles. The number of rotatable bonds is 5. The number of amides is 2. The van der Waals surface area contributed by atoms with Crippen molar-refractivity contribution in [2.75, 3.05) is 18.4 Å². The Bertz CT molecular complexity index is 496. The topological polar surface area (TPSA) is 84.2 Å². The summed E-state index contributed by atoms with van der Waals surface area (Å²) in [5.74, 6) is -0.191. The van der Waals surface area contributed by atoms with Crippen molar-refractivity contribution in [3.05, 3.63) is 16.0 Å².